The zero-order chi connectivity index (χ0) is 33.2. The number of benzene rings is 6. The molecule has 4 heterocycles. The van der Waals surface area contributed by atoms with Crippen LogP contribution in [-0.2, 0) is 0 Å². The zero-order valence-electron chi connectivity index (χ0n) is 27.3. The van der Waals surface area contributed by atoms with Gasteiger partial charge in [0.15, 0.2) is 0 Å². The molecule has 0 spiro atoms. The van der Waals surface area contributed by atoms with E-state index in [-0.39, 0.29) is 0 Å². The van der Waals surface area contributed by atoms with Crippen molar-refractivity contribution in [2.24, 2.45) is 0 Å². The van der Waals surface area contributed by atoms with Gasteiger partial charge in [0.05, 0.1) is 27.8 Å². The molecule has 0 fully saturated rings. The average Bonchev–Trinajstić information content (AvgIpc) is 3.67. The molecule has 0 N–H and O–H groups in total. The SMILES string of the molecule is Cc1cc(Oc2ccc3c4c5c6ccccc6n(-c6ccccc6)c5ccc4n(-c4ccccn4)c3c2)cc(-c2cc3ccccc3cn2)c1. The van der Waals surface area contributed by atoms with Gasteiger partial charge in [-0.3, -0.25) is 9.55 Å². The minimum Gasteiger partial charge on any atom is -0.457 e. The number of nitrogens with zero attached hydrogens (tertiary/aromatic N) is 4. The molecule has 10 aromatic rings. The first-order valence-corrected chi connectivity index (χ1v) is 16.8. The smallest absolute Gasteiger partial charge is 0.137 e. The fraction of sp³-hybridized carbons (Fsp3) is 0.0222. The van der Waals surface area contributed by atoms with Crippen LogP contribution < -0.4 is 4.74 Å². The lowest BCUT2D eigenvalue weighted by molar-refractivity contribution is 0.483. The van der Waals surface area contributed by atoms with Crippen LogP contribution in [0.3, 0.4) is 0 Å². The van der Waals surface area contributed by atoms with Gasteiger partial charge in [-0.2, -0.15) is 0 Å². The van der Waals surface area contributed by atoms with Gasteiger partial charge in [-0.05, 0) is 96.7 Å². The standard InChI is InChI=1S/C45H30N4O/c1-29-23-32(38-26-30-11-5-6-12-31(30)28-47-38)25-35(24-29)50-34-18-19-37-42(27-34)49(43-17-9-10-22-46-43)41-21-20-40-44(45(37)41)36-15-7-8-16-39(36)48(40)33-13-3-2-4-14-33/h2-28H,1H3. The number of para-hydroxylation sites is 2. The summed E-state index contributed by atoms with van der Waals surface area (Å²) in [6, 6.07) is 53.0. The molecule has 0 bridgehead atoms. The third-order valence-corrected chi connectivity index (χ3v) is 9.64. The Bertz CT molecular complexity index is 2910. The third-order valence-electron chi connectivity index (χ3n) is 9.64. The van der Waals surface area contributed by atoms with Crippen LogP contribution in [0.25, 0.3) is 77.1 Å². The molecule has 0 amide bonds. The average molecular weight is 643 g/mol. The molecule has 0 unspecified atom stereocenters. The summed E-state index contributed by atoms with van der Waals surface area (Å²) in [5.41, 5.74) is 8.65. The van der Waals surface area contributed by atoms with Gasteiger partial charge in [0.25, 0.3) is 0 Å². The van der Waals surface area contributed by atoms with Gasteiger partial charge in [-0.15, -0.1) is 0 Å². The van der Waals surface area contributed by atoms with E-state index in [1.807, 2.05) is 30.6 Å². The van der Waals surface area contributed by atoms with Crippen LogP contribution in [-0.4, -0.2) is 19.1 Å². The van der Waals surface area contributed by atoms with Crippen LogP contribution in [0.4, 0.5) is 0 Å². The van der Waals surface area contributed by atoms with Gasteiger partial charge in [-0.25, -0.2) is 4.98 Å². The monoisotopic (exact) mass is 642 g/mol. The van der Waals surface area contributed by atoms with Crippen LogP contribution in [0.5, 0.6) is 11.5 Å². The Balaban J connectivity index is 1.17. The highest BCUT2D eigenvalue weighted by molar-refractivity contribution is 6.29. The van der Waals surface area contributed by atoms with Crippen molar-refractivity contribution in [2.45, 2.75) is 6.92 Å². The zero-order valence-corrected chi connectivity index (χ0v) is 27.3. The van der Waals surface area contributed by atoms with Crippen LogP contribution in [0, 0.1) is 6.92 Å². The van der Waals surface area contributed by atoms with Crippen molar-refractivity contribution in [1.29, 1.82) is 0 Å². The molecule has 5 heteroatoms. The lowest BCUT2D eigenvalue weighted by Crippen LogP contribution is -1.97. The van der Waals surface area contributed by atoms with Crippen LogP contribution in [0.2, 0.25) is 0 Å². The van der Waals surface area contributed by atoms with Crippen molar-refractivity contribution in [1.82, 2.24) is 19.1 Å². The fourth-order valence-corrected chi connectivity index (χ4v) is 7.53. The second-order valence-corrected chi connectivity index (χ2v) is 12.8. The normalized spacial score (nSPS) is 11.7. The van der Waals surface area contributed by atoms with Crippen molar-refractivity contribution in [3.63, 3.8) is 0 Å². The Morgan fingerprint density at radius 1 is 0.500 bits per heavy atom. The van der Waals surface area contributed by atoms with E-state index >= 15 is 0 Å². The molecule has 0 saturated heterocycles. The maximum absolute atomic E-state index is 6.66. The van der Waals surface area contributed by atoms with E-state index in [0.717, 1.165) is 67.0 Å². The summed E-state index contributed by atoms with van der Waals surface area (Å²) in [6.45, 7) is 2.09. The Hall–Kier alpha value is -6.72. The number of hydrogen-bond acceptors (Lipinski definition) is 3. The number of rotatable bonds is 5. The van der Waals surface area contributed by atoms with Gasteiger partial charge in [0, 0.05) is 56.6 Å². The summed E-state index contributed by atoms with van der Waals surface area (Å²) in [5.74, 6) is 2.38. The molecule has 0 saturated carbocycles. The Labute approximate surface area is 288 Å². The first-order chi connectivity index (χ1) is 24.7. The summed E-state index contributed by atoms with van der Waals surface area (Å²) in [4.78, 5) is 9.60. The fourth-order valence-electron chi connectivity index (χ4n) is 7.53. The van der Waals surface area contributed by atoms with Crippen molar-refractivity contribution < 1.29 is 4.74 Å². The summed E-state index contributed by atoms with van der Waals surface area (Å²) in [7, 11) is 0. The predicted molar refractivity (Wildman–Crippen MR) is 205 cm³/mol. The molecule has 0 atom stereocenters. The Morgan fingerprint density at radius 2 is 1.24 bits per heavy atom. The summed E-state index contributed by atoms with van der Waals surface area (Å²) >= 11 is 0. The van der Waals surface area contributed by atoms with Crippen molar-refractivity contribution in [3.05, 3.63) is 170 Å². The van der Waals surface area contributed by atoms with E-state index in [4.69, 9.17) is 14.7 Å². The minimum absolute atomic E-state index is 0.753. The molecule has 10 rings (SSSR count). The van der Waals surface area contributed by atoms with E-state index in [1.54, 1.807) is 0 Å². The highest BCUT2D eigenvalue weighted by Gasteiger charge is 2.21. The molecule has 6 aromatic carbocycles. The minimum atomic E-state index is 0.753. The molecule has 4 aromatic heterocycles. The number of pyridine rings is 2. The maximum atomic E-state index is 6.66. The number of hydrogen-bond donors (Lipinski definition) is 0. The van der Waals surface area contributed by atoms with E-state index in [9.17, 15) is 0 Å². The number of fused-ring (bicyclic) bond motifs is 8. The van der Waals surface area contributed by atoms with Crippen molar-refractivity contribution in [2.75, 3.05) is 0 Å². The molecular formula is C45H30N4O. The second-order valence-electron chi connectivity index (χ2n) is 12.8. The van der Waals surface area contributed by atoms with Crippen molar-refractivity contribution in [3.8, 4) is 34.3 Å². The van der Waals surface area contributed by atoms with E-state index in [2.05, 4.69) is 150 Å². The summed E-state index contributed by atoms with van der Waals surface area (Å²) in [6.07, 6.45) is 3.79. The Kier molecular flexibility index (Phi) is 6.33. The topological polar surface area (TPSA) is 44.9 Å². The number of aromatic nitrogens is 4. The molecule has 0 aliphatic rings. The second kappa shape index (κ2) is 11.2. The molecular weight excluding hydrogens is 613 g/mol. The van der Waals surface area contributed by atoms with Gasteiger partial charge < -0.3 is 9.30 Å². The largest absolute Gasteiger partial charge is 0.457 e. The molecule has 236 valence electrons. The molecule has 50 heavy (non-hydrogen) atoms. The number of ether oxygens (including phenoxy) is 1. The van der Waals surface area contributed by atoms with Gasteiger partial charge in [0.2, 0.25) is 0 Å². The van der Waals surface area contributed by atoms with E-state index in [0.29, 0.717) is 0 Å². The van der Waals surface area contributed by atoms with Crippen molar-refractivity contribution >= 4 is 54.4 Å². The molecule has 0 aliphatic carbocycles. The third kappa shape index (κ3) is 4.48. The summed E-state index contributed by atoms with van der Waals surface area (Å²) in [5, 5.41) is 7.06. The van der Waals surface area contributed by atoms with Crippen LogP contribution >= 0.6 is 0 Å². The van der Waals surface area contributed by atoms with Crippen LogP contribution in [0.1, 0.15) is 5.56 Å². The predicted octanol–water partition coefficient (Wildman–Crippen LogP) is 11.6. The highest BCUT2D eigenvalue weighted by Crippen LogP contribution is 2.43. The quantitative estimate of drug-likeness (QED) is 0.188. The van der Waals surface area contributed by atoms with Gasteiger partial charge >= 0.3 is 0 Å². The molecule has 5 nitrogen and oxygen atoms in total. The first-order valence-electron chi connectivity index (χ1n) is 16.8. The first kappa shape index (κ1) is 28.3. The van der Waals surface area contributed by atoms with E-state index in [1.165, 1.54) is 27.2 Å². The van der Waals surface area contributed by atoms with Gasteiger partial charge in [0.1, 0.15) is 17.3 Å². The highest BCUT2D eigenvalue weighted by atomic mass is 16.5. The lowest BCUT2D eigenvalue weighted by Gasteiger charge is -2.11. The van der Waals surface area contributed by atoms with Gasteiger partial charge in [-0.1, -0.05) is 66.7 Å². The number of aryl methyl sites for hydroxylation is 1. The molecule has 0 radical (unpaired) electrons. The maximum Gasteiger partial charge on any atom is 0.137 e. The lowest BCUT2D eigenvalue weighted by atomic mass is 10.0. The Morgan fingerprint density at radius 3 is 2.08 bits per heavy atom. The van der Waals surface area contributed by atoms with Crippen LogP contribution in [0.15, 0.2) is 164 Å². The van der Waals surface area contributed by atoms with E-state index < -0.39 is 0 Å². The molecule has 0 aliphatic heterocycles. The summed E-state index contributed by atoms with van der Waals surface area (Å²) < 4.78 is 11.3.